The minimum Gasteiger partial charge on any atom is -0.326 e. The number of nitrogens with one attached hydrogen (secondary N) is 1. The average Bonchev–Trinajstić information content (AvgIpc) is 2.19. The van der Waals surface area contributed by atoms with E-state index in [9.17, 15) is 14.0 Å². The van der Waals surface area contributed by atoms with Gasteiger partial charge in [0.15, 0.2) is 5.78 Å². The lowest BCUT2D eigenvalue weighted by Crippen LogP contribution is -2.11. The predicted octanol–water partition coefficient (Wildman–Crippen LogP) is 2.38. The summed E-state index contributed by atoms with van der Waals surface area (Å²) in [4.78, 5) is 22.3. The first kappa shape index (κ1) is 11.4. The van der Waals surface area contributed by atoms with Crippen LogP contribution in [0.25, 0.3) is 0 Å². The largest absolute Gasteiger partial charge is 0.326 e. The molecule has 0 atom stereocenters. The lowest BCUT2D eigenvalue weighted by atomic mass is 10.1. The van der Waals surface area contributed by atoms with E-state index in [1.54, 1.807) is 6.92 Å². The fourth-order valence-electron chi connectivity index (χ4n) is 1.24. The number of hydrogen-bond acceptors (Lipinski definition) is 2. The van der Waals surface area contributed by atoms with Gasteiger partial charge >= 0.3 is 0 Å². The summed E-state index contributed by atoms with van der Waals surface area (Å²) in [5.74, 6) is -0.967. The van der Waals surface area contributed by atoms with Crippen LogP contribution in [0.4, 0.5) is 10.1 Å². The van der Waals surface area contributed by atoms with Gasteiger partial charge in [-0.05, 0) is 18.2 Å². The quantitative estimate of drug-likeness (QED) is 0.777. The van der Waals surface area contributed by atoms with Crippen molar-refractivity contribution < 1.29 is 14.0 Å². The molecular formula is C11H12FNO2. The van der Waals surface area contributed by atoms with Crippen LogP contribution >= 0.6 is 0 Å². The highest BCUT2D eigenvalue weighted by Crippen LogP contribution is 2.18. The Hall–Kier alpha value is -1.71. The number of carbonyl (C=O) groups is 2. The van der Waals surface area contributed by atoms with Gasteiger partial charge in [-0.3, -0.25) is 9.59 Å². The van der Waals surface area contributed by atoms with Crippen LogP contribution in [0.1, 0.15) is 30.6 Å². The third-order valence-electron chi connectivity index (χ3n) is 1.91. The number of hydrogen-bond donors (Lipinski definition) is 1. The van der Waals surface area contributed by atoms with Gasteiger partial charge in [0.05, 0.1) is 5.69 Å². The van der Waals surface area contributed by atoms with Crippen molar-refractivity contribution in [1.82, 2.24) is 0 Å². The number of anilines is 1. The molecule has 0 saturated carbocycles. The van der Waals surface area contributed by atoms with Gasteiger partial charge in [-0.15, -0.1) is 0 Å². The normalized spacial score (nSPS) is 9.80. The lowest BCUT2D eigenvalue weighted by molar-refractivity contribution is -0.114. The smallest absolute Gasteiger partial charge is 0.221 e. The molecule has 0 aliphatic heterocycles. The Balaban J connectivity index is 3.14. The standard InChI is InChI=1S/C11H12FNO2/c1-3-11(15)9-6-8(12)4-5-10(9)13-7(2)14/h4-6H,3H2,1-2H3,(H,13,14). The first-order valence-corrected chi connectivity index (χ1v) is 4.65. The number of benzene rings is 1. The van der Waals surface area contributed by atoms with Gasteiger partial charge in [0.25, 0.3) is 0 Å². The summed E-state index contributed by atoms with van der Waals surface area (Å²) < 4.78 is 12.9. The van der Waals surface area contributed by atoms with E-state index in [0.29, 0.717) is 5.69 Å². The summed E-state index contributed by atoms with van der Waals surface area (Å²) in [5, 5.41) is 2.49. The molecule has 0 aromatic heterocycles. The summed E-state index contributed by atoms with van der Waals surface area (Å²) in [7, 11) is 0. The Bertz CT molecular complexity index is 402. The molecule has 1 amide bonds. The highest BCUT2D eigenvalue weighted by Gasteiger charge is 2.11. The van der Waals surface area contributed by atoms with Crippen molar-refractivity contribution in [2.75, 3.05) is 5.32 Å². The van der Waals surface area contributed by atoms with Gasteiger partial charge in [0.2, 0.25) is 5.91 Å². The van der Waals surface area contributed by atoms with E-state index < -0.39 is 5.82 Å². The SMILES string of the molecule is CCC(=O)c1cc(F)ccc1NC(C)=O. The number of carbonyl (C=O) groups excluding carboxylic acids is 2. The molecule has 15 heavy (non-hydrogen) atoms. The highest BCUT2D eigenvalue weighted by atomic mass is 19.1. The van der Waals surface area contributed by atoms with E-state index in [4.69, 9.17) is 0 Å². The molecule has 0 radical (unpaired) electrons. The molecule has 0 aliphatic rings. The van der Waals surface area contributed by atoms with E-state index in [1.807, 2.05) is 0 Å². The van der Waals surface area contributed by atoms with Crippen LogP contribution in [-0.2, 0) is 4.79 Å². The summed E-state index contributed by atoms with van der Waals surface area (Å²) in [5.41, 5.74) is 0.573. The van der Waals surface area contributed by atoms with Crippen molar-refractivity contribution in [1.29, 1.82) is 0 Å². The van der Waals surface area contributed by atoms with Crippen LogP contribution in [0.3, 0.4) is 0 Å². The van der Waals surface area contributed by atoms with E-state index in [2.05, 4.69) is 5.32 Å². The monoisotopic (exact) mass is 209 g/mol. The third kappa shape index (κ3) is 2.87. The van der Waals surface area contributed by atoms with Crippen LogP contribution in [0.15, 0.2) is 18.2 Å². The van der Waals surface area contributed by atoms with Crippen molar-refractivity contribution in [3.8, 4) is 0 Å². The molecule has 1 N–H and O–H groups in total. The van der Waals surface area contributed by atoms with Gasteiger partial charge in [0.1, 0.15) is 5.82 Å². The fourth-order valence-corrected chi connectivity index (χ4v) is 1.24. The Labute approximate surface area is 87.3 Å². The van der Waals surface area contributed by atoms with Crippen LogP contribution in [0.2, 0.25) is 0 Å². The molecule has 0 unspecified atom stereocenters. The summed E-state index contributed by atoms with van der Waals surface area (Å²) >= 11 is 0. The molecule has 80 valence electrons. The van der Waals surface area contributed by atoms with E-state index in [-0.39, 0.29) is 23.7 Å². The summed E-state index contributed by atoms with van der Waals surface area (Å²) in [6.07, 6.45) is 0.274. The second kappa shape index (κ2) is 4.68. The minimum absolute atomic E-state index is 0.196. The Morgan fingerprint density at radius 1 is 1.40 bits per heavy atom. The number of amides is 1. The van der Waals surface area contributed by atoms with Crippen LogP contribution in [0, 0.1) is 5.82 Å². The van der Waals surface area contributed by atoms with Gasteiger partial charge in [-0.1, -0.05) is 6.92 Å². The second-order valence-corrected chi connectivity index (χ2v) is 3.15. The molecule has 1 aromatic carbocycles. The number of Topliss-reactive ketones (excluding diaryl/α,β-unsaturated/α-hetero) is 1. The number of rotatable bonds is 3. The Morgan fingerprint density at radius 2 is 2.07 bits per heavy atom. The lowest BCUT2D eigenvalue weighted by Gasteiger charge is -2.07. The van der Waals surface area contributed by atoms with Gasteiger partial charge in [0, 0.05) is 18.9 Å². The maximum Gasteiger partial charge on any atom is 0.221 e. The zero-order valence-corrected chi connectivity index (χ0v) is 8.63. The Kier molecular flexibility index (Phi) is 3.55. The second-order valence-electron chi connectivity index (χ2n) is 3.15. The predicted molar refractivity (Wildman–Crippen MR) is 55.3 cm³/mol. The van der Waals surface area contributed by atoms with Crippen LogP contribution < -0.4 is 5.32 Å². The maximum atomic E-state index is 12.9. The molecule has 0 heterocycles. The zero-order chi connectivity index (χ0) is 11.4. The number of ketones is 1. The molecule has 3 nitrogen and oxygen atoms in total. The van der Waals surface area contributed by atoms with Crippen LogP contribution in [-0.4, -0.2) is 11.7 Å². The molecule has 1 aromatic rings. The van der Waals surface area contributed by atoms with Gasteiger partial charge in [-0.2, -0.15) is 0 Å². The van der Waals surface area contributed by atoms with E-state index in [1.165, 1.54) is 19.1 Å². The topological polar surface area (TPSA) is 46.2 Å². The van der Waals surface area contributed by atoms with Crippen LogP contribution in [0.5, 0.6) is 0 Å². The van der Waals surface area contributed by atoms with Crippen molar-refractivity contribution in [2.45, 2.75) is 20.3 Å². The molecule has 0 saturated heterocycles. The maximum absolute atomic E-state index is 12.9. The van der Waals surface area contributed by atoms with E-state index in [0.717, 1.165) is 6.07 Å². The molecule has 1 rings (SSSR count). The minimum atomic E-state index is -0.485. The van der Waals surface area contributed by atoms with Crippen molar-refractivity contribution in [3.63, 3.8) is 0 Å². The van der Waals surface area contributed by atoms with Crippen molar-refractivity contribution in [3.05, 3.63) is 29.6 Å². The zero-order valence-electron chi connectivity index (χ0n) is 8.63. The summed E-state index contributed by atoms with van der Waals surface area (Å²) in [6, 6.07) is 3.73. The van der Waals surface area contributed by atoms with Gasteiger partial charge in [-0.25, -0.2) is 4.39 Å². The molecule has 0 fully saturated rings. The first-order chi connectivity index (χ1) is 7.04. The van der Waals surface area contributed by atoms with Gasteiger partial charge < -0.3 is 5.32 Å². The average molecular weight is 209 g/mol. The molecule has 0 aliphatic carbocycles. The molecule has 0 bridgehead atoms. The number of halogens is 1. The Morgan fingerprint density at radius 3 is 2.60 bits per heavy atom. The highest BCUT2D eigenvalue weighted by molar-refractivity contribution is 6.04. The first-order valence-electron chi connectivity index (χ1n) is 4.65. The molecular weight excluding hydrogens is 197 g/mol. The fraction of sp³-hybridized carbons (Fsp3) is 0.273. The molecule has 0 spiro atoms. The van der Waals surface area contributed by atoms with Crippen molar-refractivity contribution in [2.24, 2.45) is 0 Å². The van der Waals surface area contributed by atoms with E-state index >= 15 is 0 Å². The molecule has 4 heteroatoms. The van der Waals surface area contributed by atoms with Crippen molar-refractivity contribution >= 4 is 17.4 Å². The third-order valence-corrected chi connectivity index (χ3v) is 1.91. The summed E-state index contributed by atoms with van der Waals surface area (Å²) in [6.45, 7) is 3.02.